The number of hydrogen-bond acceptors (Lipinski definition) is 3. The first kappa shape index (κ1) is 30.0. The highest BCUT2D eigenvalue weighted by molar-refractivity contribution is 6.46. The zero-order valence-corrected chi connectivity index (χ0v) is 23.7. The van der Waals surface area contributed by atoms with Gasteiger partial charge in [0.1, 0.15) is 5.76 Å². The summed E-state index contributed by atoms with van der Waals surface area (Å²) < 4.78 is 0. The normalized spacial score (nSPS) is 16.9. The summed E-state index contributed by atoms with van der Waals surface area (Å²) in [7, 11) is 0. The standard InChI is InChI=1S/C33H44ClNO3/c1-2-3-4-5-6-7-8-9-10-11-12-13-14-18-25-35-30(26-19-16-15-17-20-26)29(32(37)33(35)38)31(36)27-21-23-28(34)24-22-27/h15-17,19-24,30,36H,2-14,18,25H2,1H3/b31-29+/t30-/m0/s1. The number of Topliss-reactive ketones (excluding diaryl/α,β-unsaturated/α-hetero) is 1. The number of amides is 1. The van der Waals surface area contributed by atoms with Crippen molar-refractivity contribution in [2.24, 2.45) is 0 Å². The molecule has 0 aromatic heterocycles. The molecule has 0 saturated carbocycles. The van der Waals surface area contributed by atoms with E-state index in [2.05, 4.69) is 6.92 Å². The summed E-state index contributed by atoms with van der Waals surface area (Å²) in [6.45, 7) is 2.76. The first-order valence-corrected chi connectivity index (χ1v) is 15.0. The second-order valence-electron chi connectivity index (χ2n) is 10.5. The van der Waals surface area contributed by atoms with E-state index in [1.807, 2.05) is 30.3 Å². The number of halogens is 1. The number of likely N-dealkylation sites (tertiary alicyclic amines) is 1. The highest BCUT2D eigenvalue weighted by Gasteiger charge is 2.45. The van der Waals surface area contributed by atoms with Crippen molar-refractivity contribution in [1.29, 1.82) is 0 Å². The third-order valence-corrected chi connectivity index (χ3v) is 7.78. The van der Waals surface area contributed by atoms with E-state index in [1.165, 1.54) is 70.6 Å². The van der Waals surface area contributed by atoms with E-state index in [4.69, 9.17) is 11.6 Å². The van der Waals surface area contributed by atoms with E-state index < -0.39 is 17.7 Å². The molecule has 2 aromatic carbocycles. The van der Waals surface area contributed by atoms with Crippen molar-refractivity contribution in [1.82, 2.24) is 4.90 Å². The predicted octanol–water partition coefficient (Wildman–Crippen LogP) is 9.24. The lowest BCUT2D eigenvalue weighted by atomic mass is 9.95. The summed E-state index contributed by atoms with van der Waals surface area (Å²) in [6.07, 6.45) is 17.7. The summed E-state index contributed by atoms with van der Waals surface area (Å²) in [6, 6.07) is 15.6. The van der Waals surface area contributed by atoms with Crippen molar-refractivity contribution in [3.8, 4) is 0 Å². The number of aliphatic hydroxyl groups is 1. The Labute approximate surface area is 234 Å². The fourth-order valence-corrected chi connectivity index (χ4v) is 5.46. The van der Waals surface area contributed by atoms with Gasteiger partial charge < -0.3 is 10.0 Å². The number of rotatable bonds is 17. The minimum Gasteiger partial charge on any atom is -0.507 e. The minimum absolute atomic E-state index is 0.147. The largest absolute Gasteiger partial charge is 0.507 e. The first-order valence-electron chi connectivity index (χ1n) is 14.6. The van der Waals surface area contributed by atoms with Crippen LogP contribution < -0.4 is 0 Å². The van der Waals surface area contributed by atoms with Crippen LogP contribution in [0, 0.1) is 0 Å². The van der Waals surface area contributed by atoms with Crippen LogP contribution in [0.25, 0.3) is 5.76 Å². The van der Waals surface area contributed by atoms with Gasteiger partial charge >= 0.3 is 0 Å². The van der Waals surface area contributed by atoms with Crippen LogP contribution in [0.15, 0.2) is 60.2 Å². The van der Waals surface area contributed by atoms with Gasteiger partial charge in [0.15, 0.2) is 0 Å². The summed E-state index contributed by atoms with van der Waals surface area (Å²) in [4.78, 5) is 27.8. The van der Waals surface area contributed by atoms with Crippen molar-refractivity contribution in [3.63, 3.8) is 0 Å². The van der Waals surface area contributed by atoms with Gasteiger partial charge in [-0.2, -0.15) is 0 Å². The Morgan fingerprint density at radius 1 is 0.737 bits per heavy atom. The lowest BCUT2D eigenvalue weighted by Gasteiger charge is -2.25. The molecule has 4 nitrogen and oxygen atoms in total. The molecule has 1 saturated heterocycles. The summed E-state index contributed by atoms with van der Waals surface area (Å²) in [5.74, 6) is -1.32. The van der Waals surface area contributed by atoms with E-state index in [1.54, 1.807) is 29.2 Å². The zero-order valence-electron chi connectivity index (χ0n) is 23.0. The van der Waals surface area contributed by atoms with Gasteiger partial charge in [-0.1, -0.05) is 132 Å². The van der Waals surface area contributed by atoms with Crippen molar-refractivity contribution < 1.29 is 14.7 Å². The maximum atomic E-state index is 13.1. The molecule has 1 aliphatic rings. The number of ketones is 1. The Balaban J connectivity index is 1.49. The van der Waals surface area contributed by atoms with Gasteiger partial charge in [-0.25, -0.2) is 0 Å². The molecule has 0 spiro atoms. The minimum atomic E-state index is -0.628. The van der Waals surface area contributed by atoms with Crippen LogP contribution in [0.1, 0.15) is 114 Å². The van der Waals surface area contributed by atoms with Gasteiger partial charge in [-0.05, 0) is 36.2 Å². The highest BCUT2D eigenvalue weighted by atomic mass is 35.5. The van der Waals surface area contributed by atoms with Crippen LogP contribution >= 0.6 is 11.6 Å². The van der Waals surface area contributed by atoms with Crippen LogP contribution in [0.3, 0.4) is 0 Å². The molecule has 0 radical (unpaired) electrons. The van der Waals surface area contributed by atoms with Crippen molar-refractivity contribution >= 4 is 29.1 Å². The average molecular weight is 538 g/mol. The topological polar surface area (TPSA) is 57.6 Å². The van der Waals surface area contributed by atoms with Crippen LogP contribution in [0.4, 0.5) is 0 Å². The predicted molar refractivity (Wildman–Crippen MR) is 157 cm³/mol. The number of carbonyl (C=O) groups excluding carboxylic acids is 2. The second-order valence-corrected chi connectivity index (χ2v) is 10.9. The van der Waals surface area contributed by atoms with Crippen LogP contribution in [-0.4, -0.2) is 28.2 Å². The molecule has 5 heteroatoms. The van der Waals surface area contributed by atoms with E-state index in [0.717, 1.165) is 24.8 Å². The number of nitrogens with zero attached hydrogens (tertiary/aromatic N) is 1. The smallest absolute Gasteiger partial charge is 0.295 e. The molecule has 3 rings (SSSR count). The maximum absolute atomic E-state index is 13.1. The molecular formula is C33H44ClNO3. The number of unbranched alkanes of at least 4 members (excludes halogenated alkanes) is 13. The van der Waals surface area contributed by atoms with E-state index in [9.17, 15) is 14.7 Å². The summed E-state index contributed by atoms with van der Waals surface area (Å²) in [5.41, 5.74) is 1.45. The lowest BCUT2D eigenvalue weighted by Crippen LogP contribution is -2.30. The average Bonchev–Trinajstić information content (AvgIpc) is 3.18. The summed E-state index contributed by atoms with van der Waals surface area (Å²) >= 11 is 6.00. The third-order valence-electron chi connectivity index (χ3n) is 7.53. The van der Waals surface area contributed by atoms with Gasteiger partial charge in [0.2, 0.25) is 0 Å². The van der Waals surface area contributed by atoms with Crippen molar-refractivity contribution in [2.45, 2.75) is 103 Å². The quantitative estimate of drug-likeness (QED) is 0.0946. The molecule has 1 atom stereocenters. The zero-order chi connectivity index (χ0) is 27.2. The molecule has 0 bridgehead atoms. The monoisotopic (exact) mass is 537 g/mol. The molecule has 206 valence electrons. The fraction of sp³-hybridized carbons (Fsp3) is 0.515. The van der Waals surface area contributed by atoms with E-state index in [-0.39, 0.29) is 11.3 Å². The van der Waals surface area contributed by atoms with Crippen LogP contribution in [0.5, 0.6) is 0 Å². The van der Waals surface area contributed by atoms with Gasteiger partial charge in [-0.3, -0.25) is 9.59 Å². The summed E-state index contributed by atoms with van der Waals surface area (Å²) in [5, 5.41) is 11.6. The first-order chi connectivity index (χ1) is 18.5. The molecule has 0 aliphatic carbocycles. The Morgan fingerprint density at radius 3 is 1.76 bits per heavy atom. The Hall–Kier alpha value is -2.59. The second kappa shape index (κ2) is 16.4. The fourth-order valence-electron chi connectivity index (χ4n) is 5.33. The number of carbonyl (C=O) groups is 2. The molecule has 1 heterocycles. The SMILES string of the molecule is CCCCCCCCCCCCCCCCN1C(=O)C(=O)/C(=C(/O)c2ccc(Cl)cc2)[C@@H]1c1ccccc1. The lowest BCUT2D eigenvalue weighted by molar-refractivity contribution is -0.139. The van der Waals surface area contributed by atoms with Crippen LogP contribution in [-0.2, 0) is 9.59 Å². The highest BCUT2D eigenvalue weighted by Crippen LogP contribution is 2.39. The molecule has 0 unspecified atom stereocenters. The van der Waals surface area contributed by atoms with E-state index in [0.29, 0.717) is 17.1 Å². The van der Waals surface area contributed by atoms with Crippen LogP contribution in [0.2, 0.25) is 5.02 Å². The van der Waals surface area contributed by atoms with Gasteiger partial charge in [0, 0.05) is 17.1 Å². The van der Waals surface area contributed by atoms with Gasteiger partial charge in [0.05, 0.1) is 11.6 Å². The van der Waals surface area contributed by atoms with Crippen molar-refractivity contribution in [2.75, 3.05) is 6.54 Å². The Kier molecular flexibility index (Phi) is 12.9. The van der Waals surface area contributed by atoms with Gasteiger partial charge in [0.25, 0.3) is 11.7 Å². The Morgan fingerprint density at radius 2 is 1.24 bits per heavy atom. The Bertz CT molecular complexity index is 1030. The molecule has 38 heavy (non-hydrogen) atoms. The molecule has 2 aromatic rings. The number of hydrogen-bond donors (Lipinski definition) is 1. The van der Waals surface area contributed by atoms with Crippen molar-refractivity contribution in [3.05, 3.63) is 76.3 Å². The third kappa shape index (κ3) is 8.73. The molecule has 1 amide bonds. The molecular weight excluding hydrogens is 494 g/mol. The number of aliphatic hydroxyl groups excluding tert-OH is 1. The molecule has 1 fully saturated rings. The molecule has 1 aliphatic heterocycles. The van der Waals surface area contributed by atoms with Gasteiger partial charge in [-0.15, -0.1) is 0 Å². The number of benzene rings is 2. The maximum Gasteiger partial charge on any atom is 0.295 e. The van der Waals surface area contributed by atoms with E-state index >= 15 is 0 Å². The molecule has 1 N–H and O–H groups in total.